The summed E-state index contributed by atoms with van der Waals surface area (Å²) in [6.07, 6.45) is 1.88. The first-order chi connectivity index (χ1) is 8.04. The fourth-order valence-electron chi connectivity index (χ4n) is 2.18. The van der Waals surface area contributed by atoms with Gasteiger partial charge in [0, 0.05) is 18.1 Å². The van der Waals surface area contributed by atoms with Gasteiger partial charge in [0.15, 0.2) is 0 Å². The average Bonchev–Trinajstić information content (AvgIpc) is 2.28. The van der Waals surface area contributed by atoms with E-state index in [0.717, 1.165) is 12.1 Å². The van der Waals surface area contributed by atoms with E-state index in [9.17, 15) is 0 Å². The molecule has 90 valence electrons. The van der Waals surface area contributed by atoms with Crippen molar-refractivity contribution < 1.29 is 0 Å². The van der Waals surface area contributed by atoms with Crippen molar-refractivity contribution >= 4 is 10.9 Å². The summed E-state index contributed by atoms with van der Waals surface area (Å²) in [5.74, 6) is 0. The van der Waals surface area contributed by atoms with E-state index >= 15 is 0 Å². The first-order valence-corrected chi connectivity index (χ1v) is 6.05. The maximum Gasteiger partial charge on any atom is 0.0742 e. The lowest BCUT2D eigenvalue weighted by molar-refractivity contribution is 0.594. The molecule has 0 saturated heterocycles. The van der Waals surface area contributed by atoms with Crippen molar-refractivity contribution in [3.05, 3.63) is 41.6 Å². The van der Waals surface area contributed by atoms with Crippen LogP contribution in [0.25, 0.3) is 10.9 Å². The molecule has 1 aromatic heterocycles. The van der Waals surface area contributed by atoms with Crippen molar-refractivity contribution in [2.75, 3.05) is 7.05 Å². The third kappa shape index (κ3) is 2.32. The number of hydrogen-bond donors (Lipinski definition) is 1. The van der Waals surface area contributed by atoms with Crippen LogP contribution in [0.3, 0.4) is 0 Å². The van der Waals surface area contributed by atoms with Gasteiger partial charge < -0.3 is 5.32 Å². The van der Waals surface area contributed by atoms with E-state index in [0.29, 0.717) is 0 Å². The van der Waals surface area contributed by atoms with Crippen LogP contribution in [0.5, 0.6) is 0 Å². The molecule has 0 radical (unpaired) electrons. The topological polar surface area (TPSA) is 24.9 Å². The lowest BCUT2D eigenvalue weighted by Gasteiger charge is -2.21. The SMILES string of the molecule is CNCc1ccc(C(C)(C)C)c2ncccc12. The van der Waals surface area contributed by atoms with Gasteiger partial charge in [-0.05, 0) is 29.7 Å². The molecule has 0 aliphatic heterocycles. The Bertz CT molecular complexity index is 524. The van der Waals surface area contributed by atoms with E-state index in [4.69, 9.17) is 0 Å². The van der Waals surface area contributed by atoms with Gasteiger partial charge in [-0.15, -0.1) is 0 Å². The molecule has 2 nitrogen and oxygen atoms in total. The maximum atomic E-state index is 4.56. The number of nitrogens with one attached hydrogen (secondary N) is 1. The van der Waals surface area contributed by atoms with Crippen LogP contribution in [-0.4, -0.2) is 12.0 Å². The number of fused-ring (bicyclic) bond motifs is 1. The van der Waals surface area contributed by atoms with Crippen LogP contribution >= 0.6 is 0 Å². The molecule has 0 saturated carbocycles. The van der Waals surface area contributed by atoms with E-state index in [2.05, 4.69) is 49.3 Å². The summed E-state index contributed by atoms with van der Waals surface area (Å²) in [6.45, 7) is 7.57. The molecule has 0 aliphatic rings. The van der Waals surface area contributed by atoms with E-state index in [1.807, 2.05) is 19.3 Å². The van der Waals surface area contributed by atoms with Crippen molar-refractivity contribution in [3.63, 3.8) is 0 Å². The average molecular weight is 228 g/mol. The van der Waals surface area contributed by atoms with Gasteiger partial charge in [0.2, 0.25) is 0 Å². The molecule has 0 atom stereocenters. The monoisotopic (exact) mass is 228 g/mol. The Labute approximate surface area is 103 Å². The van der Waals surface area contributed by atoms with Gasteiger partial charge >= 0.3 is 0 Å². The smallest absolute Gasteiger partial charge is 0.0742 e. The lowest BCUT2D eigenvalue weighted by atomic mass is 9.84. The molecular formula is C15H20N2. The van der Waals surface area contributed by atoms with Crippen LogP contribution < -0.4 is 5.32 Å². The molecule has 2 aromatic rings. The van der Waals surface area contributed by atoms with E-state index in [1.54, 1.807) is 0 Å². The quantitative estimate of drug-likeness (QED) is 0.853. The van der Waals surface area contributed by atoms with Crippen molar-refractivity contribution in [1.29, 1.82) is 0 Å². The van der Waals surface area contributed by atoms with Gasteiger partial charge in [0.05, 0.1) is 5.52 Å². The van der Waals surface area contributed by atoms with Gasteiger partial charge in [-0.2, -0.15) is 0 Å². The summed E-state index contributed by atoms with van der Waals surface area (Å²) < 4.78 is 0. The van der Waals surface area contributed by atoms with Crippen molar-refractivity contribution in [2.45, 2.75) is 32.7 Å². The number of aromatic nitrogens is 1. The zero-order valence-electron chi connectivity index (χ0n) is 11.0. The Morgan fingerprint density at radius 3 is 2.59 bits per heavy atom. The number of rotatable bonds is 2. The zero-order chi connectivity index (χ0) is 12.5. The highest BCUT2D eigenvalue weighted by Gasteiger charge is 2.18. The predicted octanol–water partition coefficient (Wildman–Crippen LogP) is 3.25. The van der Waals surface area contributed by atoms with Gasteiger partial charge in [-0.1, -0.05) is 39.0 Å². The predicted molar refractivity (Wildman–Crippen MR) is 73.2 cm³/mol. The Morgan fingerprint density at radius 2 is 1.94 bits per heavy atom. The molecule has 1 aromatic carbocycles. The van der Waals surface area contributed by atoms with Crippen LogP contribution in [0.1, 0.15) is 31.9 Å². The molecule has 1 heterocycles. The van der Waals surface area contributed by atoms with Crippen molar-refractivity contribution in [1.82, 2.24) is 10.3 Å². The van der Waals surface area contributed by atoms with Crippen LogP contribution in [0, 0.1) is 0 Å². The second-order valence-corrected chi connectivity index (χ2v) is 5.45. The fourth-order valence-corrected chi connectivity index (χ4v) is 2.18. The molecule has 0 aliphatic carbocycles. The van der Waals surface area contributed by atoms with Crippen LogP contribution in [0.4, 0.5) is 0 Å². The number of hydrogen-bond acceptors (Lipinski definition) is 2. The van der Waals surface area contributed by atoms with Gasteiger partial charge in [0.25, 0.3) is 0 Å². The Hall–Kier alpha value is -1.41. The molecule has 0 unspecified atom stereocenters. The second-order valence-electron chi connectivity index (χ2n) is 5.45. The highest BCUT2D eigenvalue weighted by molar-refractivity contribution is 5.85. The molecule has 2 heteroatoms. The van der Waals surface area contributed by atoms with Gasteiger partial charge in [0.1, 0.15) is 0 Å². The Kier molecular flexibility index (Phi) is 3.16. The minimum Gasteiger partial charge on any atom is -0.316 e. The van der Waals surface area contributed by atoms with Crippen LogP contribution in [0.15, 0.2) is 30.5 Å². The normalized spacial score (nSPS) is 12.0. The fraction of sp³-hybridized carbons (Fsp3) is 0.400. The standard InChI is InChI=1S/C15H20N2/c1-15(2,3)13-8-7-11(10-16-4)12-6-5-9-17-14(12)13/h5-9,16H,10H2,1-4H3. The van der Waals surface area contributed by atoms with Crippen LogP contribution in [-0.2, 0) is 12.0 Å². The molecular weight excluding hydrogens is 208 g/mol. The third-order valence-corrected chi connectivity index (χ3v) is 3.04. The lowest BCUT2D eigenvalue weighted by Crippen LogP contribution is -2.13. The minimum absolute atomic E-state index is 0.130. The number of pyridine rings is 1. The van der Waals surface area contributed by atoms with Gasteiger partial charge in [-0.25, -0.2) is 0 Å². The molecule has 0 spiro atoms. The first-order valence-electron chi connectivity index (χ1n) is 6.05. The molecule has 0 amide bonds. The van der Waals surface area contributed by atoms with Crippen LogP contribution in [0.2, 0.25) is 0 Å². The molecule has 0 bridgehead atoms. The minimum atomic E-state index is 0.130. The van der Waals surface area contributed by atoms with E-state index in [-0.39, 0.29) is 5.41 Å². The highest BCUT2D eigenvalue weighted by atomic mass is 14.8. The summed E-state index contributed by atoms with van der Waals surface area (Å²) in [5, 5.41) is 4.47. The van der Waals surface area contributed by atoms with Crippen molar-refractivity contribution in [3.8, 4) is 0 Å². The third-order valence-electron chi connectivity index (χ3n) is 3.04. The van der Waals surface area contributed by atoms with Crippen molar-refractivity contribution in [2.24, 2.45) is 0 Å². The summed E-state index contributed by atoms with van der Waals surface area (Å²) in [5.41, 5.74) is 3.88. The Morgan fingerprint density at radius 1 is 1.18 bits per heavy atom. The Balaban J connectivity index is 2.71. The summed E-state index contributed by atoms with van der Waals surface area (Å²) in [6, 6.07) is 8.58. The highest BCUT2D eigenvalue weighted by Crippen LogP contribution is 2.30. The van der Waals surface area contributed by atoms with Gasteiger partial charge in [-0.3, -0.25) is 4.98 Å². The molecule has 1 N–H and O–H groups in total. The molecule has 2 rings (SSSR count). The first kappa shape index (κ1) is 12.1. The number of nitrogens with zero attached hydrogens (tertiary/aromatic N) is 1. The largest absolute Gasteiger partial charge is 0.316 e. The molecule has 17 heavy (non-hydrogen) atoms. The van der Waals surface area contributed by atoms with E-state index in [1.165, 1.54) is 16.5 Å². The molecule has 0 fully saturated rings. The summed E-state index contributed by atoms with van der Waals surface area (Å²) >= 11 is 0. The number of benzene rings is 1. The zero-order valence-corrected chi connectivity index (χ0v) is 11.0. The summed E-state index contributed by atoms with van der Waals surface area (Å²) in [4.78, 5) is 4.56. The van der Waals surface area contributed by atoms with E-state index < -0.39 is 0 Å². The summed E-state index contributed by atoms with van der Waals surface area (Å²) in [7, 11) is 1.97. The second kappa shape index (κ2) is 4.46. The maximum absolute atomic E-state index is 4.56.